The number of carbonyl (C=O) groups is 2. The number of benzene rings is 1. The molecule has 9 heteroatoms. The van der Waals surface area contributed by atoms with Gasteiger partial charge in [-0.2, -0.15) is 0 Å². The monoisotopic (exact) mass is 475 g/mol. The Kier molecular flexibility index (Phi) is 7.26. The number of amides is 2. The van der Waals surface area contributed by atoms with E-state index in [9.17, 15) is 14.0 Å². The average molecular weight is 476 g/mol. The van der Waals surface area contributed by atoms with Gasteiger partial charge in [0.25, 0.3) is 5.91 Å². The van der Waals surface area contributed by atoms with Gasteiger partial charge in [0.1, 0.15) is 11.5 Å². The molecule has 1 aliphatic heterocycles. The van der Waals surface area contributed by atoms with Crippen LogP contribution in [0.4, 0.5) is 15.9 Å². The third-order valence-corrected chi connectivity index (χ3v) is 6.50. The van der Waals surface area contributed by atoms with E-state index in [0.29, 0.717) is 36.6 Å². The van der Waals surface area contributed by atoms with Crippen LogP contribution in [0.2, 0.25) is 5.02 Å². The molecule has 0 radical (unpaired) electrons. The van der Waals surface area contributed by atoms with Crippen LogP contribution >= 0.6 is 11.6 Å². The fraction of sp³-hybridized carbons (Fsp3) is 0.500. The zero-order valence-corrected chi connectivity index (χ0v) is 20.7. The topological polar surface area (TPSA) is 78.4 Å². The highest BCUT2D eigenvalue weighted by molar-refractivity contribution is 6.30. The Morgan fingerprint density at radius 3 is 2.61 bits per heavy atom. The van der Waals surface area contributed by atoms with Crippen LogP contribution < -0.4 is 5.32 Å². The second kappa shape index (κ2) is 9.63. The lowest BCUT2D eigenvalue weighted by Gasteiger charge is -2.47. The summed E-state index contributed by atoms with van der Waals surface area (Å²) in [5, 5.41) is 3.12. The van der Waals surface area contributed by atoms with Gasteiger partial charge in [-0.1, -0.05) is 25.4 Å². The molecule has 0 saturated carbocycles. The molecule has 1 N–H and O–H groups in total. The van der Waals surface area contributed by atoms with Crippen LogP contribution in [0.3, 0.4) is 0 Å². The van der Waals surface area contributed by atoms with Gasteiger partial charge in [0.05, 0.1) is 16.9 Å². The molecule has 0 bridgehead atoms. The molecular formula is C24H31ClFN5O2. The lowest BCUT2D eigenvalue weighted by molar-refractivity contribution is -0.131. The molecule has 1 aromatic carbocycles. The first-order chi connectivity index (χ1) is 15.4. The van der Waals surface area contributed by atoms with E-state index in [4.69, 9.17) is 11.6 Å². The Labute approximate surface area is 199 Å². The summed E-state index contributed by atoms with van der Waals surface area (Å²) in [5.41, 5.74) is 0.921. The first kappa shape index (κ1) is 24.9. The maximum absolute atomic E-state index is 13.8. The summed E-state index contributed by atoms with van der Waals surface area (Å²) in [6.45, 7) is 10.0. The molecule has 0 aliphatic carbocycles. The van der Waals surface area contributed by atoms with Crippen LogP contribution in [-0.2, 0) is 4.79 Å². The summed E-state index contributed by atoms with van der Waals surface area (Å²) < 4.78 is 13.8. The number of rotatable bonds is 5. The van der Waals surface area contributed by atoms with Gasteiger partial charge in [0.15, 0.2) is 5.82 Å². The Hall–Kier alpha value is -2.74. The van der Waals surface area contributed by atoms with Crippen LogP contribution in [0, 0.1) is 5.82 Å². The molecule has 2 aromatic rings. The maximum Gasteiger partial charge on any atom is 0.274 e. The molecule has 1 unspecified atom stereocenters. The largest absolute Gasteiger partial charge is 0.343 e. The molecule has 2 heterocycles. The number of hydrogen-bond acceptors (Lipinski definition) is 5. The third kappa shape index (κ3) is 5.43. The Morgan fingerprint density at radius 1 is 1.33 bits per heavy atom. The summed E-state index contributed by atoms with van der Waals surface area (Å²) in [4.78, 5) is 37.8. The molecule has 178 valence electrons. The molecule has 7 nitrogen and oxygen atoms in total. The van der Waals surface area contributed by atoms with Crippen LogP contribution in [0.5, 0.6) is 0 Å². The highest BCUT2D eigenvalue weighted by Gasteiger charge is 2.40. The molecule has 1 aliphatic rings. The number of piperidine rings is 1. The molecule has 0 spiro atoms. The Balaban J connectivity index is 1.84. The van der Waals surface area contributed by atoms with E-state index < -0.39 is 11.4 Å². The number of halogens is 2. The molecule has 1 atom stereocenters. The summed E-state index contributed by atoms with van der Waals surface area (Å²) in [6.07, 6.45) is 2.84. The van der Waals surface area contributed by atoms with Gasteiger partial charge in [0.2, 0.25) is 5.91 Å². The Morgan fingerprint density at radius 2 is 2.03 bits per heavy atom. The summed E-state index contributed by atoms with van der Waals surface area (Å²) in [7, 11) is 1.80. The molecule has 2 amide bonds. The molecule has 3 rings (SSSR count). The highest BCUT2D eigenvalue weighted by atomic mass is 35.5. The van der Waals surface area contributed by atoms with Crippen molar-refractivity contribution in [2.75, 3.05) is 18.9 Å². The maximum atomic E-state index is 13.8. The molecular weight excluding hydrogens is 445 g/mol. The minimum atomic E-state index is -0.534. The third-order valence-electron chi connectivity index (χ3n) is 6.19. The lowest BCUT2D eigenvalue weighted by Crippen LogP contribution is -2.57. The minimum Gasteiger partial charge on any atom is -0.343 e. The van der Waals surface area contributed by atoms with Crippen molar-refractivity contribution in [3.63, 3.8) is 0 Å². The van der Waals surface area contributed by atoms with Gasteiger partial charge < -0.3 is 15.1 Å². The zero-order chi connectivity index (χ0) is 24.5. The Bertz CT molecular complexity index is 1060. The first-order valence-corrected chi connectivity index (χ1v) is 11.4. The lowest BCUT2D eigenvalue weighted by atomic mass is 9.86. The number of aromatic nitrogens is 2. The van der Waals surface area contributed by atoms with E-state index in [2.05, 4.69) is 15.3 Å². The quantitative estimate of drug-likeness (QED) is 0.658. The fourth-order valence-electron chi connectivity index (χ4n) is 4.19. The van der Waals surface area contributed by atoms with Crippen LogP contribution in [0.15, 0.2) is 24.4 Å². The second-order valence-corrected chi connectivity index (χ2v) is 9.85. The molecule has 1 aromatic heterocycles. The number of nitrogens with one attached hydrogen (secondary N) is 1. The zero-order valence-electron chi connectivity index (χ0n) is 19.9. The van der Waals surface area contributed by atoms with Crippen molar-refractivity contribution in [1.82, 2.24) is 19.8 Å². The average Bonchev–Trinajstić information content (AvgIpc) is 2.74. The summed E-state index contributed by atoms with van der Waals surface area (Å²) in [5.74, 6) is -0.264. The summed E-state index contributed by atoms with van der Waals surface area (Å²) in [6, 6.07) is 4.50. The van der Waals surface area contributed by atoms with Crippen LogP contribution in [0.1, 0.15) is 69.6 Å². The second-order valence-electron chi connectivity index (χ2n) is 9.44. The van der Waals surface area contributed by atoms with Crippen LogP contribution in [-0.4, -0.2) is 56.8 Å². The number of carbonyl (C=O) groups excluding carboxylic acids is 2. The van der Waals surface area contributed by atoms with E-state index in [1.54, 1.807) is 24.9 Å². The molecule has 33 heavy (non-hydrogen) atoms. The van der Waals surface area contributed by atoms with Gasteiger partial charge in [-0.3, -0.25) is 9.59 Å². The standard InChI is InChI=1S/C24H31ClFN5O2/c1-14(2)21-22(28-16-7-8-18(25)19(26)11-16)27-13-20(29-21)23(33)31-10-9-17(12-24(31,4)5)30(6)15(3)32/h7-8,11,13-14,17H,9-10,12H2,1-6H3,(H,27,28). The predicted octanol–water partition coefficient (Wildman–Crippen LogP) is 5.00. The van der Waals surface area contributed by atoms with Crippen molar-refractivity contribution in [1.29, 1.82) is 0 Å². The van der Waals surface area contributed by atoms with Crippen molar-refractivity contribution < 1.29 is 14.0 Å². The van der Waals surface area contributed by atoms with E-state index in [1.165, 1.54) is 18.3 Å². The van der Waals surface area contributed by atoms with Crippen molar-refractivity contribution >= 4 is 34.9 Å². The van der Waals surface area contributed by atoms with Gasteiger partial charge in [-0.25, -0.2) is 14.4 Å². The number of likely N-dealkylation sites (tertiary alicyclic amines) is 1. The minimum absolute atomic E-state index is 0.0201. The van der Waals surface area contributed by atoms with Gasteiger partial charge in [-0.15, -0.1) is 0 Å². The molecule has 1 saturated heterocycles. The predicted molar refractivity (Wildman–Crippen MR) is 127 cm³/mol. The number of hydrogen-bond donors (Lipinski definition) is 1. The van der Waals surface area contributed by atoms with E-state index in [0.717, 1.165) is 0 Å². The summed E-state index contributed by atoms with van der Waals surface area (Å²) >= 11 is 5.77. The van der Waals surface area contributed by atoms with Crippen molar-refractivity contribution in [2.24, 2.45) is 0 Å². The first-order valence-electron chi connectivity index (χ1n) is 11.0. The van der Waals surface area contributed by atoms with Crippen LogP contribution in [0.25, 0.3) is 0 Å². The normalized spacial score (nSPS) is 17.7. The van der Waals surface area contributed by atoms with E-state index in [-0.39, 0.29) is 34.5 Å². The van der Waals surface area contributed by atoms with Gasteiger partial charge in [-0.05, 0) is 50.8 Å². The number of anilines is 2. The fourth-order valence-corrected chi connectivity index (χ4v) is 4.31. The highest BCUT2D eigenvalue weighted by Crippen LogP contribution is 2.32. The molecule has 1 fully saturated rings. The SMILES string of the molecule is CC(=O)N(C)C1CCN(C(=O)c2cnc(Nc3ccc(Cl)c(F)c3)c(C(C)C)n2)C(C)(C)C1. The van der Waals surface area contributed by atoms with Crippen molar-refractivity contribution in [3.8, 4) is 0 Å². The number of nitrogens with zero attached hydrogens (tertiary/aromatic N) is 4. The smallest absolute Gasteiger partial charge is 0.274 e. The van der Waals surface area contributed by atoms with E-state index >= 15 is 0 Å². The van der Waals surface area contributed by atoms with E-state index in [1.807, 2.05) is 32.6 Å². The van der Waals surface area contributed by atoms with Gasteiger partial charge in [0, 0.05) is 37.8 Å². The van der Waals surface area contributed by atoms with Gasteiger partial charge >= 0.3 is 0 Å². The van der Waals surface area contributed by atoms with Crippen molar-refractivity contribution in [2.45, 2.75) is 65.0 Å². The van der Waals surface area contributed by atoms with Crippen molar-refractivity contribution in [3.05, 3.63) is 46.6 Å².